The Labute approximate surface area is 264 Å². The molecule has 2 aromatic carbocycles. The molecule has 0 bridgehead atoms. The predicted octanol–water partition coefficient (Wildman–Crippen LogP) is 3.23. The molecule has 2 aromatic heterocycles. The van der Waals surface area contributed by atoms with E-state index in [1.54, 1.807) is 24.5 Å². The van der Waals surface area contributed by atoms with Gasteiger partial charge in [0.1, 0.15) is 29.2 Å². The standard InChI is InChI=1S/C34H33N5O7/c1-38(20-29(41)36-31(22-9-7-15-35-19-22)27-18-21-8-2-3-11-25(21)46-27)16-4-5-17-45-26-12-6-10-23-30(26)34(44)39(33(23)43)24-13-14-28(40)37-32(24)42/h2-3,6-12,15,18-19,24,31H,4-5,13-14,16-17,20H2,1H3,(H,36,41)(H,37,40,42). The first kappa shape index (κ1) is 30.7. The molecule has 2 atom stereocenters. The fourth-order valence-corrected chi connectivity index (χ4v) is 5.81. The highest BCUT2D eigenvalue weighted by Gasteiger charge is 2.46. The molecule has 0 saturated carbocycles. The van der Waals surface area contributed by atoms with Crippen molar-refractivity contribution in [2.45, 2.75) is 37.8 Å². The van der Waals surface area contributed by atoms with Gasteiger partial charge < -0.3 is 14.5 Å². The van der Waals surface area contributed by atoms with Crippen LogP contribution in [0.25, 0.3) is 11.0 Å². The van der Waals surface area contributed by atoms with E-state index in [4.69, 9.17) is 9.15 Å². The highest BCUT2D eigenvalue weighted by Crippen LogP contribution is 2.34. The van der Waals surface area contributed by atoms with E-state index in [1.807, 2.05) is 54.4 Å². The van der Waals surface area contributed by atoms with Crippen molar-refractivity contribution in [3.8, 4) is 5.75 Å². The summed E-state index contributed by atoms with van der Waals surface area (Å²) in [5, 5.41) is 6.23. The van der Waals surface area contributed by atoms with E-state index < -0.39 is 35.7 Å². The summed E-state index contributed by atoms with van der Waals surface area (Å²) in [6.45, 7) is 1.06. The van der Waals surface area contributed by atoms with Crippen LogP contribution in [-0.2, 0) is 14.4 Å². The molecule has 0 radical (unpaired) electrons. The van der Waals surface area contributed by atoms with Crippen LogP contribution in [0.4, 0.5) is 0 Å². The normalized spacial score (nSPS) is 16.9. The second-order valence-corrected chi connectivity index (χ2v) is 11.4. The van der Waals surface area contributed by atoms with Gasteiger partial charge in [-0.2, -0.15) is 0 Å². The first-order valence-electron chi connectivity index (χ1n) is 15.1. The summed E-state index contributed by atoms with van der Waals surface area (Å²) in [5.74, 6) is -1.55. The maximum Gasteiger partial charge on any atom is 0.266 e. The first-order valence-corrected chi connectivity index (χ1v) is 15.1. The number of hydrogen-bond acceptors (Lipinski definition) is 9. The molecule has 2 unspecified atom stereocenters. The molecule has 4 heterocycles. The van der Waals surface area contributed by atoms with Gasteiger partial charge in [0.25, 0.3) is 11.8 Å². The number of imide groups is 2. The predicted molar refractivity (Wildman–Crippen MR) is 166 cm³/mol. The Morgan fingerprint density at radius 3 is 2.72 bits per heavy atom. The summed E-state index contributed by atoms with van der Waals surface area (Å²) in [6.07, 6.45) is 4.87. The van der Waals surface area contributed by atoms with Crippen molar-refractivity contribution in [2.24, 2.45) is 0 Å². The summed E-state index contributed by atoms with van der Waals surface area (Å²) in [5.41, 5.74) is 1.84. The molecular weight excluding hydrogens is 590 g/mol. The van der Waals surface area contributed by atoms with Gasteiger partial charge in [-0.05, 0) is 63.2 Å². The van der Waals surface area contributed by atoms with E-state index in [9.17, 15) is 24.0 Å². The monoisotopic (exact) mass is 623 g/mol. The van der Waals surface area contributed by atoms with Crippen LogP contribution in [0.15, 0.2) is 77.5 Å². The molecule has 46 heavy (non-hydrogen) atoms. The number of aromatic nitrogens is 1. The molecule has 5 amide bonds. The number of amides is 5. The Morgan fingerprint density at radius 1 is 1.09 bits per heavy atom. The van der Waals surface area contributed by atoms with Crippen LogP contribution in [-0.4, -0.2) is 77.1 Å². The molecule has 4 aromatic rings. The van der Waals surface area contributed by atoms with E-state index in [0.29, 0.717) is 25.1 Å². The van der Waals surface area contributed by atoms with Gasteiger partial charge in [-0.3, -0.25) is 44.1 Å². The number of pyridine rings is 1. The average Bonchev–Trinajstić information content (AvgIpc) is 3.59. The molecule has 6 rings (SSSR count). The number of carbonyl (C=O) groups is 5. The maximum atomic E-state index is 13.2. The number of hydrogen-bond donors (Lipinski definition) is 2. The number of furan rings is 1. The molecule has 2 aliphatic rings. The highest BCUT2D eigenvalue weighted by molar-refractivity contribution is 6.24. The molecule has 1 fully saturated rings. The smallest absolute Gasteiger partial charge is 0.266 e. The molecule has 0 spiro atoms. The number of unbranched alkanes of at least 4 members (excludes halogenated alkanes) is 1. The minimum atomic E-state index is -1.04. The van der Waals surface area contributed by atoms with E-state index in [1.165, 1.54) is 6.07 Å². The van der Waals surface area contributed by atoms with Gasteiger partial charge >= 0.3 is 0 Å². The lowest BCUT2D eigenvalue weighted by Gasteiger charge is -2.27. The molecule has 12 heteroatoms. The summed E-state index contributed by atoms with van der Waals surface area (Å²) >= 11 is 0. The van der Waals surface area contributed by atoms with Gasteiger partial charge in [-0.1, -0.05) is 30.3 Å². The van der Waals surface area contributed by atoms with Crippen molar-refractivity contribution >= 4 is 40.5 Å². The molecule has 2 N–H and O–H groups in total. The van der Waals surface area contributed by atoms with Gasteiger partial charge in [0.15, 0.2) is 0 Å². The minimum Gasteiger partial charge on any atom is -0.493 e. The third-order valence-corrected chi connectivity index (χ3v) is 8.09. The van der Waals surface area contributed by atoms with Gasteiger partial charge in [0.05, 0.1) is 24.3 Å². The number of para-hydroxylation sites is 1. The summed E-state index contributed by atoms with van der Waals surface area (Å²) in [7, 11) is 1.86. The zero-order chi connectivity index (χ0) is 32.2. The third-order valence-electron chi connectivity index (χ3n) is 8.09. The number of fused-ring (bicyclic) bond motifs is 2. The number of piperidine rings is 1. The number of nitrogens with one attached hydrogen (secondary N) is 2. The SMILES string of the molecule is CN(CCCCOc1cccc2c1C(=O)N(C1CCC(=O)NC1=O)C2=O)CC(=O)NC(c1cccnc1)c1cc2ccccc2o1. The van der Waals surface area contributed by atoms with Crippen LogP contribution in [0, 0.1) is 0 Å². The Morgan fingerprint density at radius 2 is 1.93 bits per heavy atom. The molecular formula is C34H33N5O7. The van der Waals surface area contributed by atoms with Crippen LogP contribution in [0.3, 0.4) is 0 Å². The van der Waals surface area contributed by atoms with Gasteiger partial charge in [-0.25, -0.2) is 0 Å². The van der Waals surface area contributed by atoms with E-state index >= 15 is 0 Å². The van der Waals surface area contributed by atoms with Crippen LogP contribution >= 0.6 is 0 Å². The van der Waals surface area contributed by atoms with E-state index in [2.05, 4.69) is 15.6 Å². The van der Waals surface area contributed by atoms with E-state index in [-0.39, 0.29) is 48.8 Å². The van der Waals surface area contributed by atoms with Gasteiger partial charge in [-0.15, -0.1) is 0 Å². The number of benzene rings is 2. The first-order chi connectivity index (χ1) is 22.3. The lowest BCUT2D eigenvalue weighted by atomic mass is 10.0. The summed E-state index contributed by atoms with van der Waals surface area (Å²) < 4.78 is 12.0. The van der Waals surface area contributed by atoms with Crippen molar-refractivity contribution in [1.82, 2.24) is 25.4 Å². The van der Waals surface area contributed by atoms with Crippen molar-refractivity contribution < 1.29 is 33.1 Å². The molecule has 2 aliphatic heterocycles. The number of nitrogens with zero attached hydrogens (tertiary/aromatic N) is 3. The zero-order valence-corrected chi connectivity index (χ0v) is 25.2. The fourth-order valence-electron chi connectivity index (χ4n) is 5.81. The molecule has 1 saturated heterocycles. The summed E-state index contributed by atoms with van der Waals surface area (Å²) in [6, 6.07) is 16.6. The fraction of sp³-hybridized carbons (Fsp3) is 0.294. The van der Waals surface area contributed by atoms with E-state index in [0.717, 1.165) is 21.4 Å². The van der Waals surface area contributed by atoms with Crippen molar-refractivity contribution in [2.75, 3.05) is 26.7 Å². The van der Waals surface area contributed by atoms with Crippen molar-refractivity contribution in [1.29, 1.82) is 0 Å². The van der Waals surface area contributed by atoms with Crippen LogP contribution < -0.4 is 15.4 Å². The Hall–Kier alpha value is -5.36. The van der Waals surface area contributed by atoms with Crippen LogP contribution in [0.5, 0.6) is 5.75 Å². The largest absolute Gasteiger partial charge is 0.493 e. The Kier molecular flexibility index (Phi) is 8.88. The zero-order valence-electron chi connectivity index (χ0n) is 25.2. The van der Waals surface area contributed by atoms with Gasteiger partial charge in [0.2, 0.25) is 17.7 Å². The second-order valence-electron chi connectivity index (χ2n) is 11.4. The lowest BCUT2D eigenvalue weighted by Crippen LogP contribution is -2.54. The number of likely N-dealkylation sites (N-methyl/N-ethyl adjacent to an activating group) is 1. The number of ether oxygens (including phenoxy) is 1. The summed E-state index contributed by atoms with van der Waals surface area (Å²) in [4.78, 5) is 70.3. The third kappa shape index (κ3) is 6.38. The van der Waals surface area contributed by atoms with Crippen LogP contribution in [0.2, 0.25) is 0 Å². The molecule has 12 nitrogen and oxygen atoms in total. The van der Waals surface area contributed by atoms with Crippen LogP contribution in [0.1, 0.15) is 63.8 Å². The van der Waals surface area contributed by atoms with Crippen molar-refractivity contribution in [3.63, 3.8) is 0 Å². The minimum absolute atomic E-state index is 0.0512. The second kappa shape index (κ2) is 13.3. The van der Waals surface area contributed by atoms with Crippen molar-refractivity contribution in [3.05, 3.63) is 95.5 Å². The molecule has 236 valence electrons. The Balaban J connectivity index is 1.00. The lowest BCUT2D eigenvalue weighted by molar-refractivity contribution is -0.136. The van der Waals surface area contributed by atoms with Gasteiger partial charge in [0, 0.05) is 29.8 Å². The highest BCUT2D eigenvalue weighted by atomic mass is 16.5. The average molecular weight is 624 g/mol. The topological polar surface area (TPSA) is 151 Å². The number of rotatable bonds is 12. The Bertz CT molecular complexity index is 1770. The quantitative estimate of drug-likeness (QED) is 0.179. The number of carbonyl (C=O) groups excluding carboxylic acids is 5. The maximum absolute atomic E-state index is 13.2. The molecule has 0 aliphatic carbocycles.